The SMILES string of the molecule is Oc1ccccc1OC1(Oc2ccccc2O)C=CC(c2ccccc2)=CC1. The van der Waals surface area contributed by atoms with Crippen LogP contribution in [0.1, 0.15) is 12.0 Å². The van der Waals surface area contributed by atoms with Gasteiger partial charge in [-0.25, -0.2) is 0 Å². The average molecular weight is 372 g/mol. The fraction of sp³-hybridized carbons (Fsp3) is 0.0833. The van der Waals surface area contributed by atoms with Gasteiger partial charge in [0.15, 0.2) is 23.0 Å². The molecule has 3 aromatic carbocycles. The Kier molecular flexibility index (Phi) is 4.77. The van der Waals surface area contributed by atoms with Gasteiger partial charge in [-0.1, -0.05) is 66.7 Å². The maximum atomic E-state index is 10.1. The van der Waals surface area contributed by atoms with Crippen LogP contribution in [-0.4, -0.2) is 16.0 Å². The van der Waals surface area contributed by atoms with E-state index in [9.17, 15) is 10.2 Å². The van der Waals surface area contributed by atoms with Crippen LogP contribution in [-0.2, 0) is 0 Å². The molecule has 0 fully saturated rings. The molecule has 0 atom stereocenters. The van der Waals surface area contributed by atoms with Crippen molar-refractivity contribution < 1.29 is 19.7 Å². The third kappa shape index (κ3) is 3.71. The van der Waals surface area contributed by atoms with E-state index in [4.69, 9.17) is 9.47 Å². The van der Waals surface area contributed by atoms with Gasteiger partial charge >= 0.3 is 0 Å². The van der Waals surface area contributed by atoms with E-state index in [0.29, 0.717) is 17.9 Å². The number of hydrogen-bond donors (Lipinski definition) is 2. The van der Waals surface area contributed by atoms with Crippen molar-refractivity contribution >= 4 is 5.57 Å². The van der Waals surface area contributed by atoms with Gasteiger partial charge in [-0.15, -0.1) is 0 Å². The molecular formula is C24H20O4. The molecule has 0 bridgehead atoms. The van der Waals surface area contributed by atoms with Gasteiger partial charge in [-0.05, 0) is 35.4 Å². The molecule has 0 amide bonds. The van der Waals surface area contributed by atoms with Crippen molar-refractivity contribution in [3.05, 3.63) is 103 Å². The molecule has 0 aromatic heterocycles. The van der Waals surface area contributed by atoms with E-state index in [2.05, 4.69) is 0 Å². The van der Waals surface area contributed by atoms with Crippen LogP contribution in [0.5, 0.6) is 23.0 Å². The second kappa shape index (κ2) is 7.53. The maximum Gasteiger partial charge on any atom is 0.275 e. The topological polar surface area (TPSA) is 58.9 Å². The number of aromatic hydroxyl groups is 2. The molecule has 0 radical (unpaired) electrons. The summed E-state index contributed by atoms with van der Waals surface area (Å²) in [6, 6.07) is 23.5. The average Bonchev–Trinajstić information content (AvgIpc) is 2.73. The third-order valence-electron chi connectivity index (χ3n) is 4.53. The van der Waals surface area contributed by atoms with E-state index < -0.39 is 5.79 Å². The molecule has 28 heavy (non-hydrogen) atoms. The summed E-state index contributed by atoms with van der Waals surface area (Å²) >= 11 is 0. The summed E-state index contributed by atoms with van der Waals surface area (Å²) in [6.07, 6.45) is 6.17. The summed E-state index contributed by atoms with van der Waals surface area (Å²) in [5.41, 5.74) is 2.15. The normalized spacial score (nSPS) is 14.9. The lowest BCUT2D eigenvalue weighted by Crippen LogP contribution is -2.41. The van der Waals surface area contributed by atoms with Crippen molar-refractivity contribution in [2.24, 2.45) is 0 Å². The van der Waals surface area contributed by atoms with Gasteiger partial charge in [0.1, 0.15) is 0 Å². The molecule has 4 heteroatoms. The number of allylic oxidation sites excluding steroid dienone is 2. The van der Waals surface area contributed by atoms with Gasteiger partial charge in [0, 0.05) is 12.5 Å². The summed E-state index contributed by atoms with van der Waals surface area (Å²) in [6.45, 7) is 0. The summed E-state index contributed by atoms with van der Waals surface area (Å²) in [5.74, 6) is -0.545. The fourth-order valence-corrected chi connectivity index (χ4v) is 3.08. The summed E-state index contributed by atoms with van der Waals surface area (Å²) < 4.78 is 12.2. The minimum atomic E-state index is -1.20. The Balaban J connectivity index is 1.67. The highest BCUT2D eigenvalue weighted by atomic mass is 16.7. The third-order valence-corrected chi connectivity index (χ3v) is 4.53. The number of phenolic OH excluding ortho intramolecular Hbond substituents is 2. The number of para-hydroxylation sites is 4. The number of rotatable bonds is 5. The van der Waals surface area contributed by atoms with Crippen molar-refractivity contribution in [3.63, 3.8) is 0 Å². The Hall–Kier alpha value is -3.66. The van der Waals surface area contributed by atoms with E-state index in [0.717, 1.165) is 11.1 Å². The van der Waals surface area contributed by atoms with Gasteiger partial charge in [0.05, 0.1) is 0 Å². The molecule has 0 saturated carbocycles. The minimum Gasteiger partial charge on any atom is -0.504 e. The first-order valence-electron chi connectivity index (χ1n) is 9.04. The van der Waals surface area contributed by atoms with Gasteiger partial charge in [-0.3, -0.25) is 0 Å². The van der Waals surface area contributed by atoms with Crippen molar-refractivity contribution in [1.82, 2.24) is 0 Å². The van der Waals surface area contributed by atoms with Gasteiger partial charge in [-0.2, -0.15) is 0 Å². The lowest BCUT2D eigenvalue weighted by atomic mass is 9.96. The second-order valence-corrected chi connectivity index (χ2v) is 6.51. The lowest BCUT2D eigenvalue weighted by molar-refractivity contribution is -0.0710. The van der Waals surface area contributed by atoms with E-state index in [1.54, 1.807) is 48.5 Å². The first-order chi connectivity index (χ1) is 13.7. The largest absolute Gasteiger partial charge is 0.504 e. The second-order valence-electron chi connectivity index (χ2n) is 6.51. The highest BCUT2D eigenvalue weighted by Gasteiger charge is 2.35. The zero-order valence-electron chi connectivity index (χ0n) is 15.2. The molecule has 3 aromatic rings. The Labute approximate surface area is 163 Å². The van der Waals surface area contributed by atoms with E-state index in [1.165, 1.54) is 0 Å². The van der Waals surface area contributed by atoms with Gasteiger partial charge in [0.2, 0.25) is 0 Å². The Bertz CT molecular complexity index is 974. The highest BCUT2D eigenvalue weighted by Crippen LogP contribution is 2.38. The monoisotopic (exact) mass is 372 g/mol. The molecule has 0 saturated heterocycles. The molecule has 0 spiro atoms. The van der Waals surface area contributed by atoms with E-state index in [-0.39, 0.29) is 11.5 Å². The number of phenols is 2. The van der Waals surface area contributed by atoms with Crippen LogP contribution in [0.15, 0.2) is 97.1 Å². The lowest BCUT2D eigenvalue weighted by Gasteiger charge is -2.33. The zero-order valence-corrected chi connectivity index (χ0v) is 15.2. The molecule has 1 aliphatic carbocycles. The van der Waals surface area contributed by atoms with Crippen molar-refractivity contribution in [3.8, 4) is 23.0 Å². The predicted molar refractivity (Wildman–Crippen MR) is 108 cm³/mol. The first kappa shape index (κ1) is 17.7. The van der Waals surface area contributed by atoms with Crippen molar-refractivity contribution in [1.29, 1.82) is 0 Å². The smallest absolute Gasteiger partial charge is 0.275 e. The molecule has 2 N–H and O–H groups in total. The maximum absolute atomic E-state index is 10.1. The molecule has 0 aliphatic heterocycles. The highest BCUT2D eigenvalue weighted by molar-refractivity contribution is 5.75. The van der Waals surface area contributed by atoms with Crippen molar-refractivity contribution in [2.75, 3.05) is 0 Å². The van der Waals surface area contributed by atoms with Crippen LogP contribution >= 0.6 is 0 Å². The van der Waals surface area contributed by atoms with Crippen LogP contribution in [0.25, 0.3) is 5.57 Å². The van der Waals surface area contributed by atoms with Crippen LogP contribution in [0, 0.1) is 0 Å². The Morgan fingerprint density at radius 2 is 1.21 bits per heavy atom. The molecule has 4 nitrogen and oxygen atoms in total. The Morgan fingerprint density at radius 1 is 0.679 bits per heavy atom. The predicted octanol–water partition coefficient (Wildman–Crippen LogP) is 5.30. The van der Waals surface area contributed by atoms with Gasteiger partial charge in [0.25, 0.3) is 5.79 Å². The van der Waals surface area contributed by atoms with Gasteiger partial charge < -0.3 is 19.7 Å². The summed E-state index contributed by atoms with van der Waals surface area (Å²) in [7, 11) is 0. The van der Waals surface area contributed by atoms with Crippen LogP contribution in [0.4, 0.5) is 0 Å². The first-order valence-corrected chi connectivity index (χ1v) is 9.04. The zero-order chi connectivity index (χ0) is 19.4. The van der Waals surface area contributed by atoms with Crippen LogP contribution in [0.3, 0.4) is 0 Å². The van der Waals surface area contributed by atoms with Crippen LogP contribution < -0.4 is 9.47 Å². The molecule has 1 aliphatic rings. The number of ether oxygens (including phenoxy) is 2. The molecule has 140 valence electrons. The molecule has 4 rings (SSSR count). The summed E-state index contributed by atoms with van der Waals surface area (Å²) in [5, 5.41) is 20.3. The molecule has 0 unspecified atom stereocenters. The fourth-order valence-electron chi connectivity index (χ4n) is 3.08. The standard InChI is InChI=1S/C24H20O4/c25-20-10-4-6-12-22(20)27-24(28-23-13-7-5-11-21(23)26)16-14-19(15-17-24)18-8-2-1-3-9-18/h1-16,25-26H,17H2. The minimum absolute atomic E-state index is 0.0222. The van der Waals surface area contributed by atoms with E-state index in [1.807, 2.05) is 48.6 Å². The Morgan fingerprint density at radius 3 is 1.71 bits per heavy atom. The van der Waals surface area contributed by atoms with E-state index >= 15 is 0 Å². The number of benzene rings is 3. The number of hydrogen-bond acceptors (Lipinski definition) is 4. The summed E-state index contributed by atoms with van der Waals surface area (Å²) in [4.78, 5) is 0. The molecule has 0 heterocycles. The quantitative estimate of drug-likeness (QED) is 0.597. The molecular weight excluding hydrogens is 352 g/mol. The van der Waals surface area contributed by atoms with Crippen LogP contribution in [0.2, 0.25) is 0 Å². The van der Waals surface area contributed by atoms with Crippen molar-refractivity contribution in [2.45, 2.75) is 12.2 Å².